The minimum Gasteiger partial charge on any atom is -0.380 e. The number of para-hydroxylation sites is 1. The van der Waals surface area contributed by atoms with Gasteiger partial charge in [0.1, 0.15) is 0 Å². The summed E-state index contributed by atoms with van der Waals surface area (Å²) in [6.45, 7) is 2.14. The minimum absolute atomic E-state index is 0. The van der Waals surface area contributed by atoms with Crippen LogP contribution in [0, 0.1) is 6.92 Å². The fraction of sp³-hybridized carbons (Fsp3) is 0.263. The molecule has 8 heteroatoms. The highest BCUT2D eigenvalue weighted by Crippen LogP contribution is 2.21. The van der Waals surface area contributed by atoms with E-state index in [1.54, 1.807) is 24.3 Å². The molecule has 0 spiro atoms. The third-order valence-electron chi connectivity index (χ3n) is 3.81. The molecule has 0 saturated heterocycles. The molecule has 0 bridgehead atoms. The predicted octanol–water partition coefficient (Wildman–Crippen LogP) is 3.36. The number of urea groups is 1. The quantitative estimate of drug-likeness (QED) is 0.579. The van der Waals surface area contributed by atoms with Crippen molar-refractivity contribution in [2.75, 3.05) is 29.6 Å². The van der Waals surface area contributed by atoms with Crippen molar-refractivity contribution in [3.8, 4) is 0 Å². The van der Waals surface area contributed by atoms with Gasteiger partial charge in [0.2, 0.25) is 5.91 Å². The number of amides is 3. The Bertz CT molecular complexity index is 752. The van der Waals surface area contributed by atoms with Gasteiger partial charge in [-0.15, -0.1) is 12.4 Å². The first-order valence-electron chi connectivity index (χ1n) is 8.28. The van der Waals surface area contributed by atoms with Crippen molar-refractivity contribution in [1.82, 2.24) is 0 Å². The smallest absolute Gasteiger partial charge is 0.323 e. The topological polar surface area (TPSA) is 105 Å². The summed E-state index contributed by atoms with van der Waals surface area (Å²) >= 11 is 0. The molecule has 2 rings (SSSR count). The van der Waals surface area contributed by atoms with Gasteiger partial charge in [-0.1, -0.05) is 24.3 Å². The van der Waals surface area contributed by atoms with Crippen molar-refractivity contribution in [2.24, 2.45) is 5.73 Å². The molecule has 0 aliphatic rings. The van der Waals surface area contributed by atoms with Crippen LogP contribution >= 0.6 is 12.4 Å². The highest BCUT2D eigenvalue weighted by molar-refractivity contribution is 6.00. The van der Waals surface area contributed by atoms with E-state index in [2.05, 4.69) is 16.0 Å². The number of nitrogens with one attached hydrogen (secondary N) is 3. The molecule has 0 aliphatic carbocycles. The van der Waals surface area contributed by atoms with Crippen LogP contribution in [0.3, 0.4) is 0 Å². The number of carbonyl (C=O) groups excluding carboxylic acids is 2. The third-order valence-corrected chi connectivity index (χ3v) is 3.81. The maximum absolute atomic E-state index is 12.1. The Balaban J connectivity index is 0.00000364. The van der Waals surface area contributed by atoms with E-state index in [4.69, 9.17) is 10.5 Å². The van der Waals surface area contributed by atoms with Crippen LogP contribution in [0.2, 0.25) is 0 Å². The lowest BCUT2D eigenvalue weighted by Gasteiger charge is -2.15. The van der Waals surface area contributed by atoms with Crippen LogP contribution in [0.15, 0.2) is 48.5 Å². The Morgan fingerprint density at radius 2 is 1.70 bits per heavy atom. The lowest BCUT2D eigenvalue weighted by molar-refractivity contribution is -0.118. The Hall–Kier alpha value is -2.61. The molecule has 0 fully saturated rings. The van der Waals surface area contributed by atoms with Gasteiger partial charge in [-0.3, -0.25) is 4.79 Å². The Labute approximate surface area is 165 Å². The molecular formula is C19H25ClN4O3. The van der Waals surface area contributed by atoms with E-state index in [-0.39, 0.29) is 43.4 Å². The molecule has 146 valence electrons. The van der Waals surface area contributed by atoms with Crippen LogP contribution in [0.25, 0.3) is 0 Å². The van der Waals surface area contributed by atoms with Gasteiger partial charge in [0.15, 0.2) is 0 Å². The monoisotopic (exact) mass is 392 g/mol. The normalized spacial score (nSPS) is 11.1. The van der Waals surface area contributed by atoms with Gasteiger partial charge < -0.3 is 26.4 Å². The van der Waals surface area contributed by atoms with Gasteiger partial charge in [0.05, 0.1) is 12.5 Å². The SMILES string of the molecule is COC(CN)CC(=O)Nc1cc(NC(=O)Nc2ccccc2)ccc1C.Cl. The number of ether oxygens (including phenoxy) is 1. The molecule has 0 radical (unpaired) electrons. The molecule has 2 aromatic rings. The summed E-state index contributed by atoms with van der Waals surface area (Å²) in [6, 6.07) is 14.1. The Morgan fingerprint density at radius 1 is 1.04 bits per heavy atom. The second-order valence-electron chi connectivity index (χ2n) is 5.82. The molecule has 0 aliphatic heterocycles. The third kappa shape index (κ3) is 7.26. The number of hydrogen-bond acceptors (Lipinski definition) is 4. The number of anilines is 3. The zero-order valence-corrected chi connectivity index (χ0v) is 16.1. The van der Waals surface area contributed by atoms with E-state index in [9.17, 15) is 9.59 Å². The first-order chi connectivity index (χ1) is 12.5. The summed E-state index contributed by atoms with van der Waals surface area (Å²) in [4.78, 5) is 24.2. The minimum atomic E-state index is -0.361. The predicted molar refractivity (Wildman–Crippen MR) is 111 cm³/mol. The molecule has 1 unspecified atom stereocenters. The van der Waals surface area contributed by atoms with E-state index in [1.165, 1.54) is 7.11 Å². The molecule has 0 heterocycles. The van der Waals surface area contributed by atoms with E-state index < -0.39 is 0 Å². The molecule has 5 N–H and O–H groups in total. The van der Waals surface area contributed by atoms with Crippen molar-refractivity contribution in [3.63, 3.8) is 0 Å². The van der Waals surface area contributed by atoms with E-state index in [1.807, 2.05) is 31.2 Å². The van der Waals surface area contributed by atoms with Crippen molar-refractivity contribution in [1.29, 1.82) is 0 Å². The van der Waals surface area contributed by atoms with Gasteiger partial charge in [-0.25, -0.2) is 4.79 Å². The molecule has 27 heavy (non-hydrogen) atoms. The number of carbonyl (C=O) groups is 2. The van der Waals surface area contributed by atoms with Crippen molar-refractivity contribution in [2.45, 2.75) is 19.4 Å². The molecule has 0 aromatic heterocycles. The van der Waals surface area contributed by atoms with E-state index >= 15 is 0 Å². The van der Waals surface area contributed by atoms with Crippen LogP contribution in [-0.4, -0.2) is 31.7 Å². The molecule has 1 atom stereocenters. The second-order valence-corrected chi connectivity index (χ2v) is 5.82. The number of methoxy groups -OCH3 is 1. The lowest BCUT2D eigenvalue weighted by Crippen LogP contribution is -2.28. The van der Waals surface area contributed by atoms with Gasteiger partial charge in [-0.2, -0.15) is 0 Å². The van der Waals surface area contributed by atoms with Crippen molar-refractivity contribution < 1.29 is 14.3 Å². The second kappa shape index (κ2) is 11.2. The van der Waals surface area contributed by atoms with Crippen molar-refractivity contribution >= 4 is 41.4 Å². The molecule has 2 aromatic carbocycles. The number of rotatable bonds is 7. The first kappa shape index (κ1) is 22.4. The average molecular weight is 393 g/mol. The molecule has 3 amide bonds. The van der Waals surface area contributed by atoms with E-state index in [0.717, 1.165) is 5.56 Å². The highest BCUT2D eigenvalue weighted by Gasteiger charge is 2.13. The van der Waals surface area contributed by atoms with Crippen LogP contribution in [0.1, 0.15) is 12.0 Å². The standard InChI is InChI=1S/C19H24N4O3.ClH/c1-13-8-9-15(22-19(25)21-14-6-4-3-5-7-14)10-17(13)23-18(24)11-16(12-20)26-2;/h3-10,16H,11-12,20H2,1-2H3,(H,23,24)(H2,21,22,25);1H. The number of nitrogens with two attached hydrogens (primary N) is 1. The van der Waals surface area contributed by atoms with Crippen LogP contribution in [0.5, 0.6) is 0 Å². The van der Waals surface area contributed by atoms with Crippen LogP contribution in [-0.2, 0) is 9.53 Å². The van der Waals surface area contributed by atoms with Gasteiger partial charge >= 0.3 is 6.03 Å². The Morgan fingerprint density at radius 3 is 2.33 bits per heavy atom. The zero-order chi connectivity index (χ0) is 18.9. The Kier molecular flexibility index (Phi) is 9.29. The fourth-order valence-corrected chi connectivity index (χ4v) is 2.32. The van der Waals surface area contributed by atoms with E-state index in [0.29, 0.717) is 17.1 Å². The number of benzene rings is 2. The average Bonchev–Trinajstić information content (AvgIpc) is 2.63. The summed E-state index contributed by atoms with van der Waals surface area (Å²) in [5.41, 5.74) is 8.31. The lowest BCUT2D eigenvalue weighted by atomic mass is 10.1. The fourth-order valence-electron chi connectivity index (χ4n) is 2.32. The summed E-state index contributed by atoms with van der Waals surface area (Å²) in [6.07, 6.45) is -0.160. The first-order valence-corrected chi connectivity index (χ1v) is 8.28. The molecule has 0 saturated carbocycles. The maximum atomic E-state index is 12.1. The number of hydrogen-bond donors (Lipinski definition) is 4. The number of halogens is 1. The van der Waals surface area contributed by atoms with Crippen LogP contribution < -0.4 is 21.7 Å². The van der Waals surface area contributed by atoms with Gasteiger partial charge in [0, 0.05) is 30.7 Å². The summed E-state index contributed by atoms with van der Waals surface area (Å²) in [7, 11) is 1.52. The largest absolute Gasteiger partial charge is 0.380 e. The van der Waals surface area contributed by atoms with Crippen molar-refractivity contribution in [3.05, 3.63) is 54.1 Å². The summed E-state index contributed by atoms with van der Waals surface area (Å²) < 4.78 is 5.12. The van der Waals surface area contributed by atoms with Gasteiger partial charge in [0.25, 0.3) is 0 Å². The zero-order valence-electron chi connectivity index (χ0n) is 15.3. The molecular weight excluding hydrogens is 368 g/mol. The molecule has 7 nitrogen and oxygen atoms in total. The highest BCUT2D eigenvalue weighted by atomic mass is 35.5. The number of aryl methyl sites for hydroxylation is 1. The van der Waals surface area contributed by atoms with Gasteiger partial charge in [-0.05, 0) is 36.8 Å². The maximum Gasteiger partial charge on any atom is 0.323 e. The van der Waals surface area contributed by atoms with Crippen LogP contribution in [0.4, 0.5) is 21.9 Å². The summed E-state index contributed by atoms with van der Waals surface area (Å²) in [5, 5.41) is 8.31. The summed E-state index contributed by atoms with van der Waals surface area (Å²) in [5.74, 6) is -0.198.